The quantitative estimate of drug-likeness (QED) is 0.812. The fourth-order valence-corrected chi connectivity index (χ4v) is 2.88. The van der Waals surface area contributed by atoms with Crippen molar-refractivity contribution in [3.05, 3.63) is 29.8 Å². The summed E-state index contributed by atoms with van der Waals surface area (Å²) in [6.07, 6.45) is 6.61. The SMILES string of the molecule is C[NH+](CCOc1ccccc1C(=O)[O-])C1CCCCC1. The number of carbonyl (C=O) groups is 1. The van der Waals surface area contributed by atoms with Gasteiger partial charge in [-0.1, -0.05) is 18.6 Å². The number of aromatic carboxylic acids is 1. The zero-order valence-electron chi connectivity index (χ0n) is 12.1. The van der Waals surface area contributed by atoms with E-state index in [1.807, 2.05) is 0 Å². The number of carboxylic acid groups (broad SMARTS) is 1. The molecule has 0 bridgehead atoms. The van der Waals surface area contributed by atoms with E-state index in [0.29, 0.717) is 12.4 Å². The second-order valence-electron chi connectivity index (χ2n) is 5.56. The molecule has 1 unspecified atom stereocenters. The van der Waals surface area contributed by atoms with Crippen molar-refractivity contribution < 1.29 is 19.5 Å². The molecule has 1 aromatic carbocycles. The Balaban J connectivity index is 1.82. The van der Waals surface area contributed by atoms with Crippen molar-refractivity contribution in [2.75, 3.05) is 20.2 Å². The van der Waals surface area contributed by atoms with E-state index in [0.717, 1.165) is 12.6 Å². The van der Waals surface area contributed by atoms with Crippen molar-refractivity contribution in [1.29, 1.82) is 0 Å². The van der Waals surface area contributed by atoms with Crippen molar-refractivity contribution in [3.8, 4) is 5.75 Å². The van der Waals surface area contributed by atoms with Gasteiger partial charge in [-0.15, -0.1) is 0 Å². The van der Waals surface area contributed by atoms with Crippen LogP contribution in [0.4, 0.5) is 0 Å². The molecule has 2 rings (SSSR count). The summed E-state index contributed by atoms with van der Waals surface area (Å²) in [5, 5.41) is 11.0. The lowest BCUT2D eigenvalue weighted by atomic mass is 9.94. The predicted molar refractivity (Wildman–Crippen MR) is 74.9 cm³/mol. The van der Waals surface area contributed by atoms with Gasteiger partial charge in [-0.25, -0.2) is 0 Å². The third-order valence-corrected chi connectivity index (χ3v) is 4.16. The topological polar surface area (TPSA) is 53.8 Å². The van der Waals surface area contributed by atoms with E-state index in [1.54, 1.807) is 18.2 Å². The number of quaternary nitrogens is 1. The maximum Gasteiger partial charge on any atom is 0.137 e. The first-order valence-electron chi connectivity index (χ1n) is 7.44. The Kier molecular flexibility index (Phi) is 5.41. The highest BCUT2D eigenvalue weighted by Gasteiger charge is 2.21. The smallest absolute Gasteiger partial charge is 0.137 e. The Labute approximate surface area is 120 Å². The molecule has 1 aromatic rings. The largest absolute Gasteiger partial charge is 0.545 e. The van der Waals surface area contributed by atoms with Crippen LogP contribution in [0.1, 0.15) is 42.5 Å². The summed E-state index contributed by atoms with van der Waals surface area (Å²) in [5.74, 6) is -0.780. The highest BCUT2D eigenvalue weighted by Crippen LogP contribution is 2.17. The first kappa shape index (κ1) is 14.9. The summed E-state index contributed by atoms with van der Waals surface area (Å²) in [5.41, 5.74) is 0.128. The lowest BCUT2D eigenvalue weighted by Gasteiger charge is -2.28. The molecule has 1 N–H and O–H groups in total. The minimum atomic E-state index is -1.19. The van der Waals surface area contributed by atoms with E-state index in [1.165, 1.54) is 43.1 Å². The van der Waals surface area contributed by atoms with Gasteiger partial charge in [0.1, 0.15) is 18.9 Å². The number of rotatable bonds is 6. The van der Waals surface area contributed by atoms with Crippen LogP contribution in [0, 0.1) is 0 Å². The fraction of sp³-hybridized carbons (Fsp3) is 0.562. The van der Waals surface area contributed by atoms with E-state index >= 15 is 0 Å². The van der Waals surface area contributed by atoms with Crippen LogP contribution in [0.25, 0.3) is 0 Å². The monoisotopic (exact) mass is 277 g/mol. The van der Waals surface area contributed by atoms with Gasteiger partial charge in [-0.05, 0) is 37.8 Å². The summed E-state index contributed by atoms with van der Waals surface area (Å²) in [6.45, 7) is 1.43. The molecule has 20 heavy (non-hydrogen) atoms. The van der Waals surface area contributed by atoms with Crippen LogP contribution in [-0.4, -0.2) is 32.2 Å². The van der Waals surface area contributed by atoms with E-state index in [4.69, 9.17) is 4.74 Å². The average molecular weight is 277 g/mol. The highest BCUT2D eigenvalue weighted by atomic mass is 16.5. The van der Waals surface area contributed by atoms with Crippen LogP contribution in [0.15, 0.2) is 24.3 Å². The molecule has 0 radical (unpaired) electrons. The Hall–Kier alpha value is -1.55. The Morgan fingerprint density at radius 3 is 2.70 bits per heavy atom. The van der Waals surface area contributed by atoms with Crippen molar-refractivity contribution in [1.82, 2.24) is 0 Å². The number of carbonyl (C=O) groups excluding carboxylic acids is 1. The van der Waals surface area contributed by atoms with E-state index in [2.05, 4.69) is 7.05 Å². The lowest BCUT2D eigenvalue weighted by molar-refractivity contribution is -0.907. The highest BCUT2D eigenvalue weighted by molar-refractivity contribution is 5.89. The van der Waals surface area contributed by atoms with Gasteiger partial charge in [0, 0.05) is 5.56 Å². The molecule has 0 amide bonds. The zero-order chi connectivity index (χ0) is 14.4. The molecule has 1 aliphatic rings. The third-order valence-electron chi connectivity index (χ3n) is 4.16. The third kappa shape index (κ3) is 3.97. The second kappa shape index (κ2) is 7.29. The van der Waals surface area contributed by atoms with Crippen LogP contribution in [0.2, 0.25) is 0 Å². The first-order chi connectivity index (χ1) is 9.68. The van der Waals surface area contributed by atoms with Crippen LogP contribution in [0.5, 0.6) is 5.75 Å². The van der Waals surface area contributed by atoms with Crippen LogP contribution >= 0.6 is 0 Å². The van der Waals surface area contributed by atoms with Gasteiger partial charge >= 0.3 is 0 Å². The molecule has 1 atom stereocenters. The molecule has 0 aliphatic heterocycles. The molecule has 4 nitrogen and oxygen atoms in total. The van der Waals surface area contributed by atoms with Crippen LogP contribution in [0.3, 0.4) is 0 Å². The van der Waals surface area contributed by atoms with Crippen LogP contribution < -0.4 is 14.7 Å². The number of nitrogens with one attached hydrogen (secondary N) is 1. The van der Waals surface area contributed by atoms with Gasteiger partial charge in [0.15, 0.2) is 0 Å². The number of ether oxygens (including phenoxy) is 1. The van der Waals surface area contributed by atoms with Crippen LogP contribution in [-0.2, 0) is 0 Å². The van der Waals surface area contributed by atoms with Crippen molar-refractivity contribution in [2.24, 2.45) is 0 Å². The summed E-state index contributed by atoms with van der Waals surface area (Å²) in [6, 6.07) is 7.38. The molecule has 0 spiro atoms. The zero-order valence-corrected chi connectivity index (χ0v) is 12.1. The molecule has 1 fully saturated rings. The maximum atomic E-state index is 11.0. The molecule has 0 aromatic heterocycles. The van der Waals surface area contributed by atoms with Crippen molar-refractivity contribution in [3.63, 3.8) is 0 Å². The first-order valence-corrected chi connectivity index (χ1v) is 7.44. The van der Waals surface area contributed by atoms with E-state index in [9.17, 15) is 9.90 Å². The summed E-state index contributed by atoms with van der Waals surface area (Å²) in [4.78, 5) is 12.5. The van der Waals surface area contributed by atoms with E-state index < -0.39 is 5.97 Å². The van der Waals surface area contributed by atoms with E-state index in [-0.39, 0.29) is 5.56 Å². The van der Waals surface area contributed by atoms with Gasteiger partial charge in [0.25, 0.3) is 0 Å². The number of hydrogen-bond acceptors (Lipinski definition) is 3. The number of para-hydroxylation sites is 1. The Morgan fingerprint density at radius 1 is 1.30 bits per heavy atom. The summed E-state index contributed by atoms with van der Waals surface area (Å²) in [7, 11) is 2.20. The van der Waals surface area contributed by atoms with Gasteiger partial charge in [0.05, 0.1) is 19.1 Å². The number of hydrogen-bond donors (Lipinski definition) is 1. The number of benzene rings is 1. The normalized spacial score (nSPS) is 17.6. The summed E-state index contributed by atoms with van der Waals surface area (Å²) < 4.78 is 5.62. The molecule has 110 valence electrons. The lowest BCUT2D eigenvalue weighted by Crippen LogP contribution is -3.13. The van der Waals surface area contributed by atoms with Crippen molar-refractivity contribution >= 4 is 5.97 Å². The number of likely N-dealkylation sites (N-methyl/N-ethyl adjacent to an activating group) is 1. The Bertz CT molecular complexity index is 441. The minimum Gasteiger partial charge on any atom is -0.545 e. The molecular weight excluding hydrogens is 254 g/mol. The molecule has 0 saturated heterocycles. The molecule has 1 aliphatic carbocycles. The maximum absolute atomic E-state index is 11.0. The number of carboxylic acids is 1. The average Bonchev–Trinajstić information content (AvgIpc) is 2.48. The minimum absolute atomic E-state index is 0.128. The summed E-state index contributed by atoms with van der Waals surface area (Å²) >= 11 is 0. The molecular formula is C16H23NO3. The van der Waals surface area contributed by atoms with Crippen molar-refractivity contribution in [2.45, 2.75) is 38.1 Å². The molecule has 4 heteroatoms. The standard InChI is InChI=1S/C16H23NO3/c1-17(13-7-3-2-4-8-13)11-12-20-15-10-6-5-9-14(15)16(18)19/h5-6,9-10,13H,2-4,7-8,11-12H2,1H3,(H,18,19). The van der Waals surface area contributed by atoms with Gasteiger partial charge in [0.2, 0.25) is 0 Å². The van der Waals surface area contributed by atoms with Gasteiger partial charge < -0.3 is 19.5 Å². The fourth-order valence-electron chi connectivity index (χ4n) is 2.88. The molecule has 0 heterocycles. The van der Waals surface area contributed by atoms with Gasteiger partial charge in [-0.2, -0.15) is 0 Å². The molecule has 1 saturated carbocycles. The predicted octanol–water partition coefficient (Wildman–Crippen LogP) is 0.276. The van der Waals surface area contributed by atoms with Gasteiger partial charge in [-0.3, -0.25) is 0 Å². The second-order valence-corrected chi connectivity index (χ2v) is 5.56. The Morgan fingerprint density at radius 2 is 2.00 bits per heavy atom.